The number of carbonyl (C=O) groups excluding carboxylic acids is 1. The van der Waals surface area contributed by atoms with Gasteiger partial charge in [-0.15, -0.1) is 11.3 Å². The summed E-state index contributed by atoms with van der Waals surface area (Å²) < 4.78 is 1.94. The number of nitrogens with zero attached hydrogens (tertiary/aromatic N) is 2. The summed E-state index contributed by atoms with van der Waals surface area (Å²) in [5.41, 5.74) is -0.162. The van der Waals surface area contributed by atoms with E-state index in [1.165, 1.54) is 22.1 Å². The van der Waals surface area contributed by atoms with Gasteiger partial charge in [0, 0.05) is 11.1 Å². The molecule has 0 spiro atoms. The molecule has 0 unspecified atom stereocenters. The second-order valence-corrected chi connectivity index (χ2v) is 6.33. The smallest absolute Gasteiger partial charge is 0.267 e. The van der Waals surface area contributed by atoms with E-state index in [0.717, 1.165) is 4.88 Å². The fraction of sp³-hybridized carbons (Fsp3) is 0.250. The van der Waals surface area contributed by atoms with Crippen LogP contribution in [0.2, 0.25) is 0 Å². The lowest BCUT2D eigenvalue weighted by molar-refractivity contribution is 0.0973. The molecular weight excluding hydrogens is 363 g/mol. The number of hydrogen-bond donors (Lipinski definition) is 0. The van der Waals surface area contributed by atoms with E-state index >= 15 is 0 Å². The van der Waals surface area contributed by atoms with E-state index in [1.807, 2.05) is 35.6 Å². The second-order valence-electron chi connectivity index (χ2n) is 3.88. The van der Waals surface area contributed by atoms with Crippen molar-refractivity contribution in [2.45, 2.75) is 20.4 Å². The van der Waals surface area contributed by atoms with Crippen LogP contribution in [0.15, 0.2) is 23.1 Å². The van der Waals surface area contributed by atoms with Gasteiger partial charge < -0.3 is 0 Å². The zero-order valence-electron chi connectivity index (χ0n) is 9.94. The van der Waals surface area contributed by atoms with E-state index in [0.29, 0.717) is 14.3 Å². The molecule has 0 aliphatic rings. The molecule has 2 aromatic rings. The number of thiophene rings is 1. The standard InChI is InChI=1S/C12H11IN2O2S/c1-7-3-4-11(18-7)10(16)6-15-8(2)14-5-9(13)12(15)17/h3-5H,6H2,1-2H3. The predicted octanol–water partition coefficient (Wildman–Crippen LogP) is 2.41. The Morgan fingerprint density at radius 2 is 2.17 bits per heavy atom. The Bertz CT molecular complexity index is 660. The van der Waals surface area contributed by atoms with Crippen LogP contribution in [0.3, 0.4) is 0 Å². The van der Waals surface area contributed by atoms with Crippen LogP contribution in [-0.4, -0.2) is 15.3 Å². The molecule has 0 bridgehead atoms. The lowest BCUT2D eigenvalue weighted by atomic mass is 10.3. The Morgan fingerprint density at radius 3 is 2.78 bits per heavy atom. The van der Waals surface area contributed by atoms with Crippen LogP contribution in [0, 0.1) is 17.4 Å². The maximum atomic E-state index is 12.1. The summed E-state index contributed by atoms with van der Waals surface area (Å²) in [6, 6.07) is 3.70. The Labute approximate surface area is 122 Å². The van der Waals surface area contributed by atoms with Gasteiger partial charge in [-0.1, -0.05) is 0 Å². The maximum absolute atomic E-state index is 12.1. The van der Waals surface area contributed by atoms with Gasteiger partial charge in [0.05, 0.1) is 15.0 Å². The van der Waals surface area contributed by atoms with Crippen molar-refractivity contribution in [1.82, 2.24) is 9.55 Å². The third kappa shape index (κ3) is 2.69. The van der Waals surface area contributed by atoms with Crippen LogP contribution in [-0.2, 0) is 6.54 Å². The molecule has 0 aliphatic heterocycles. The zero-order chi connectivity index (χ0) is 13.3. The van der Waals surface area contributed by atoms with Gasteiger partial charge in [0.25, 0.3) is 5.56 Å². The van der Waals surface area contributed by atoms with Crippen LogP contribution >= 0.6 is 33.9 Å². The molecule has 0 aromatic carbocycles. The van der Waals surface area contributed by atoms with E-state index < -0.39 is 0 Å². The van der Waals surface area contributed by atoms with Gasteiger partial charge in [0.1, 0.15) is 5.82 Å². The number of Topliss-reactive ketones (excluding diaryl/α,β-unsaturated/α-hetero) is 1. The van der Waals surface area contributed by atoms with Crippen molar-refractivity contribution in [3.63, 3.8) is 0 Å². The molecule has 2 heterocycles. The third-order valence-electron chi connectivity index (χ3n) is 2.52. The SMILES string of the molecule is Cc1ccc(C(=O)Cn2c(C)ncc(I)c2=O)s1. The van der Waals surface area contributed by atoms with Gasteiger partial charge in [-0.3, -0.25) is 14.2 Å². The molecule has 0 saturated heterocycles. The van der Waals surface area contributed by atoms with Gasteiger partial charge >= 0.3 is 0 Å². The van der Waals surface area contributed by atoms with Crippen LogP contribution in [0.5, 0.6) is 0 Å². The molecular formula is C12H11IN2O2S. The fourth-order valence-corrected chi connectivity index (χ4v) is 2.77. The minimum Gasteiger partial charge on any atom is -0.291 e. The first kappa shape index (κ1) is 13.4. The van der Waals surface area contributed by atoms with Crippen molar-refractivity contribution in [3.05, 3.63) is 47.8 Å². The Morgan fingerprint density at radius 1 is 1.44 bits per heavy atom. The first-order valence-electron chi connectivity index (χ1n) is 5.30. The van der Waals surface area contributed by atoms with Gasteiger partial charge in [0.2, 0.25) is 0 Å². The quantitative estimate of drug-likeness (QED) is 0.613. The van der Waals surface area contributed by atoms with E-state index in [2.05, 4.69) is 4.98 Å². The van der Waals surface area contributed by atoms with Crippen LogP contribution in [0.1, 0.15) is 20.4 Å². The molecule has 18 heavy (non-hydrogen) atoms. The van der Waals surface area contributed by atoms with Gasteiger partial charge in [-0.2, -0.15) is 0 Å². The number of halogens is 1. The van der Waals surface area contributed by atoms with Crippen molar-refractivity contribution in [2.24, 2.45) is 0 Å². The summed E-state index contributed by atoms with van der Waals surface area (Å²) >= 11 is 3.37. The molecule has 0 saturated carbocycles. The number of ketones is 1. The first-order chi connectivity index (χ1) is 8.49. The molecule has 0 amide bonds. The highest BCUT2D eigenvalue weighted by atomic mass is 127. The van der Waals surface area contributed by atoms with Crippen molar-refractivity contribution in [3.8, 4) is 0 Å². The third-order valence-corrected chi connectivity index (χ3v) is 4.30. The Hall–Kier alpha value is -1.02. The van der Waals surface area contributed by atoms with E-state index in [9.17, 15) is 9.59 Å². The molecule has 2 aromatic heterocycles. The monoisotopic (exact) mass is 374 g/mol. The highest BCUT2D eigenvalue weighted by Gasteiger charge is 2.13. The van der Waals surface area contributed by atoms with E-state index in [-0.39, 0.29) is 17.9 Å². The second kappa shape index (κ2) is 5.31. The van der Waals surface area contributed by atoms with Crippen molar-refractivity contribution >= 4 is 39.7 Å². The maximum Gasteiger partial charge on any atom is 0.267 e. The summed E-state index contributed by atoms with van der Waals surface area (Å²) in [5, 5.41) is 0. The summed E-state index contributed by atoms with van der Waals surface area (Å²) in [6.07, 6.45) is 1.52. The van der Waals surface area contributed by atoms with Gasteiger partial charge in [-0.25, -0.2) is 4.98 Å². The van der Waals surface area contributed by atoms with Crippen molar-refractivity contribution in [1.29, 1.82) is 0 Å². The molecule has 6 heteroatoms. The number of carbonyl (C=O) groups is 1. The summed E-state index contributed by atoms with van der Waals surface area (Å²) in [6.45, 7) is 3.73. The minimum absolute atomic E-state index is 0.0501. The zero-order valence-corrected chi connectivity index (χ0v) is 12.9. The average Bonchev–Trinajstić information content (AvgIpc) is 2.76. The number of rotatable bonds is 3. The Balaban J connectivity index is 2.33. The number of hydrogen-bond acceptors (Lipinski definition) is 4. The highest BCUT2D eigenvalue weighted by molar-refractivity contribution is 14.1. The first-order valence-corrected chi connectivity index (χ1v) is 7.20. The molecule has 0 N–H and O–H groups in total. The normalized spacial score (nSPS) is 10.6. The fourth-order valence-electron chi connectivity index (χ4n) is 1.54. The van der Waals surface area contributed by atoms with Crippen molar-refractivity contribution < 1.29 is 4.79 Å². The van der Waals surface area contributed by atoms with E-state index in [4.69, 9.17) is 0 Å². The molecule has 94 valence electrons. The molecule has 0 radical (unpaired) electrons. The lowest BCUT2D eigenvalue weighted by Crippen LogP contribution is -2.28. The van der Waals surface area contributed by atoms with E-state index in [1.54, 1.807) is 13.0 Å². The van der Waals surface area contributed by atoms with Crippen LogP contribution in [0.25, 0.3) is 0 Å². The minimum atomic E-state index is -0.162. The Kier molecular flexibility index (Phi) is 3.96. The van der Waals surface area contributed by atoms with Gasteiger partial charge in [-0.05, 0) is 48.6 Å². The summed E-state index contributed by atoms with van der Waals surface area (Å²) in [7, 11) is 0. The van der Waals surface area contributed by atoms with Crippen LogP contribution in [0.4, 0.5) is 0 Å². The molecule has 0 fully saturated rings. The summed E-state index contributed by atoms with van der Waals surface area (Å²) in [5.74, 6) is 0.504. The molecule has 4 nitrogen and oxygen atoms in total. The number of aromatic nitrogens is 2. The predicted molar refractivity (Wildman–Crippen MR) is 79.3 cm³/mol. The largest absolute Gasteiger partial charge is 0.291 e. The van der Waals surface area contributed by atoms with Crippen LogP contribution < -0.4 is 5.56 Å². The molecule has 0 aliphatic carbocycles. The molecule has 0 atom stereocenters. The average molecular weight is 374 g/mol. The van der Waals surface area contributed by atoms with Gasteiger partial charge in [0.15, 0.2) is 5.78 Å². The topological polar surface area (TPSA) is 52.0 Å². The highest BCUT2D eigenvalue weighted by Crippen LogP contribution is 2.16. The number of aryl methyl sites for hydroxylation is 2. The lowest BCUT2D eigenvalue weighted by Gasteiger charge is -2.07. The van der Waals surface area contributed by atoms with Crippen molar-refractivity contribution in [2.75, 3.05) is 0 Å². The molecule has 2 rings (SSSR count). The summed E-state index contributed by atoms with van der Waals surface area (Å²) in [4.78, 5) is 29.9.